The molecule has 0 radical (unpaired) electrons. The summed E-state index contributed by atoms with van der Waals surface area (Å²) in [6.45, 7) is 11.1. The Morgan fingerprint density at radius 1 is 1.48 bits per heavy atom. The number of aliphatic hydroxyl groups excluding tert-OH is 1. The monoisotopic (exact) mass is 322 g/mol. The van der Waals surface area contributed by atoms with E-state index in [2.05, 4.69) is 36.1 Å². The first kappa shape index (κ1) is 17.9. The maximum atomic E-state index is 12.5. The quantitative estimate of drug-likeness (QED) is 0.891. The fourth-order valence-electron chi connectivity index (χ4n) is 3.23. The molecule has 130 valence electrons. The molecule has 2 N–H and O–H groups in total. The summed E-state index contributed by atoms with van der Waals surface area (Å²) in [7, 11) is 0. The first-order chi connectivity index (χ1) is 10.7. The molecule has 2 unspecified atom stereocenters. The molecule has 0 aromatic carbocycles. The molecule has 2 atom stereocenters. The van der Waals surface area contributed by atoms with Crippen LogP contribution in [0.4, 0.5) is 5.82 Å². The van der Waals surface area contributed by atoms with Crippen molar-refractivity contribution in [3.63, 3.8) is 0 Å². The van der Waals surface area contributed by atoms with Gasteiger partial charge in [0.1, 0.15) is 5.82 Å². The standard InChI is InChI=1S/C17H30N4O2/c1-12-10-15(21(19-12)17(3,4)5)18-16(23)11-20-9-7-6-8-14(20)13(2)22/h10,13-14,22H,6-9,11H2,1-5H3,(H,18,23). The van der Waals surface area contributed by atoms with Gasteiger partial charge in [-0.3, -0.25) is 9.69 Å². The van der Waals surface area contributed by atoms with E-state index < -0.39 is 6.10 Å². The number of likely N-dealkylation sites (tertiary alicyclic amines) is 1. The molecule has 1 aliphatic heterocycles. The second-order valence-corrected chi connectivity index (χ2v) is 7.58. The molecule has 1 aromatic rings. The molecule has 2 rings (SSSR count). The fourth-order valence-corrected chi connectivity index (χ4v) is 3.23. The molecular weight excluding hydrogens is 292 g/mol. The number of aromatic nitrogens is 2. The van der Waals surface area contributed by atoms with Gasteiger partial charge in [0.2, 0.25) is 5.91 Å². The third-order valence-electron chi connectivity index (χ3n) is 4.30. The molecule has 6 nitrogen and oxygen atoms in total. The fraction of sp³-hybridized carbons (Fsp3) is 0.765. The van der Waals surface area contributed by atoms with E-state index in [-0.39, 0.29) is 17.5 Å². The lowest BCUT2D eigenvalue weighted by atomic mass is 9.98. The van der Waals surface area contributed by atoms with E-state index >= 15 is 0 Å². The van der Waals surface area contributed by atoms with Gasteiger partial charge in [0.15, 0.2) is 0 Å². The molecule has 6 heteroatoms. The number of hydrogen-bond donors (Lipinski definition) is 2. The zero-order valence-electron chi connectivity index (χ0n) is 15.0. The Hall–Kier alpha value is -1.40. The topological polar surface area (TPSA) is 70.4 Å². The number of anilines is 1. The van der Waals surface area contributed by atoms with Crippen LogP contribution in [0.5, 0.6) is 0 Å². The van der Waals surface area contributed by atoms with Gasteiger partial charge in [0.05, 0.1) is 23.9 Å². The second-order valence-electron chi connectivity index (χ2n) is 7.58. The third kappa shape index (κ3) is 4.54. The van der Waals surface area contributed by atoms with Gasteiger partial charge in [-0.15, -0.1) is 0 Å². The molecule has 1 saturated heterocycles. The number of amides is 1. The Morgan fingerprint density at radius 2 is 2.17 bits per heavy atom. The summed E-state index contributed by atoms with van der Waals surface area (Å²) in [6, 6.07) is 1.97. The lowest BCUT2D eigenvalue weighted by molar-refractivity contribution is -0.119. The average molecular weight is 322 g/mol. The zero-order valence-corrected chi connectivity index (χ0v) is 15.0. The van der Waals surface area contributed by atoms with Crippen LogP contribution >= 0.6 is 0 Å². The number of piperidine rings is 1. The van der Waals surface area contributed by atoms with Crippen LogP contribution in [0.25, 0.3) is 0 Å². The minimum atomic E-state index is -0.412. The highest BCUT2D eigenvalue weighted by Crippen LogP contribution is 2.22. The molecule has 23 heavy (non-hydrogen) atoms. The Bertz CT molecular complexity index is 545. The lowest BCUT2D eigenvalue weighted by Gasteiger charge is -2.36. The summed E-state index contributed by atoms with van der Waals surface area (Å²) < 4.78 is 1.85. The molecule has 1 amide bonds. The Morgan fingerprint density at radius 3 is 2.78 bits per heavy atom. The number of nitrogens with zero attached hydrogens (tertiary/aromatic N) is 3. The van der Waals surface area contributed by atoms with Crippen LogP contribution in [-0.4, -0.2) is 50.9 Å². The SMILES string of the molecule is Cc1cc(NC(=O)CN2CCCCC2C(C)O)n(C(C)(C)C)n1. The molecule has 0 spiro atoms. The summed E-state index contributed by atoms with van der Waals surface area (Å²) in [5.74, 6) is 0.675. The highest BCUT2D eigenvalue weighted by Gasteiger charge is 2.28. The van der Waals surface area contributed by atoms with Crippen LogP contribution in [0.3, 0.4) is 0 Å². The van der Waals surface area contributed by atoms with Crippen molar-refractivity contribution in [2.24, 2.45) is 0 Å². The highest BCUT2D eigenvalue weighted by molar-refractivity contribution is 5.91. The number of carbonyl (C=O) groups excluding carboxylic acids is 1. The average Bonchev–Trinajstić information content (AvgIpc) is 2.79. The van der Waals surface area contributed by atoms with E-state index in [1.165, 1.54) is 0 Å². The highest BCUT2D eigenvalue weighted by atomic mass is 16.3. The second kappa shape index (κ2) is 7.01. The maximum Gasteiger partial charge on any atom is 0.239 e. The zero-order chi connectivity index (χ0) is 17.2. The lowest BCUT2D eigenvalue weighted by Crippen LogP contribution is -2.48. The molecule has 2 heterocycles. The van der Waals surface area contributed by atoms with Gasteiger partial charge in [0.25, 0.3) is 0 Å². The number of aliphatic hydroxyl groups is 1. The van der Waals surface area contributed by atoms with Crippen LogP contribution in [-0.2, 0) is 10.3 Å². The normalized spacial score (nSPS) is 21.2. The third-order valence-corrected chi connectivity index (χ3v) is 4.30. The Kier molecular flexibility index (Phi) is 5.47. The van der Waals surface area contributed by atoms with Crippen molar-refractivity contribution in [2.75, 3.05) is 18.4 Å². The van der Waals surface area contributed by atoms with Crippen molar-refractivity contribution in [3.8, 4) is 0 Å². The minimum absolute atomic E-state index is 0.0528. The molecule has 1 aliphatic rings. The van der Waals surface area contributed by atoms with Crippen LogP contribution < -0.4 is 5.32 Å². The van der Waals surface area contributed by atoms with E-state index in [4.69, 9.17) is 0 Å². The van der Waals surface area contributed by atoms with Crippen LogP contribution in [0.2, 0.25) is 0 Å². The number of nitrogens with one attached hydrogen (secondary N) is 1. The summed E-state index contributed by atoms with van der Waals surface area (Å²) >= 11 is 0. The van der Waals surface area contributed by atoms with Crippen molar-refractivity contribution in [1.82, 2.24) is 14.7 Å². The summed E-state index contributed by atoms with van der Waals surface area (Å²) in [5, 5.41) is 17.4. The number of aryl methyl sites for hydroxylation is 1. The molecular formula is C17H30N4O2. The van der Waals surface area contributed by atoms with E-state index in [1.54, 1.807) is 6.92 Å². The van der Waals surface area contributed by atoms with Crippen molar-refractivity contribution in [2.45, 2.75) is 71.6 Å². The van der Waals surface area contributed by atoms with Crippen molar-refractivity contribution >= 4 is 11.7 Å². The summed E-state index contributed by atoms with van der Waals surface area (Å²) in [4.78, 5) is 14.6. The van der Waals surface area contributed by atoms with Gasteiger partial charge < -0.3 is 10.4 Å². The van der Waals surface area contributed by atoms with Gasteiger partial charge in [-0.05, 0) is 54.0 Å². The van der Waals surface area contributed by atoms with Crippen molar-refractivity contribution < 1.29 is 9.90 Å². The van der Waals surface area contributed by atoms with Crippen LogP contribution in [0.15, 0.2) is 6.07 Å². The molecule has 0 aliphatic carbocycles. The van der Waals surface area contributed by atoms with E-state index in [0.717, 1.165) is 37.3 Å². The summed E-state index contributed by atoms with van der Waals surface area (Å²) in [5.41, 5.74) is 0.694. The van der Waals surface area contributed by atoms with E-state index in [9.17, 15) is 9.90 Å². The minimum Gasteiger partial charge on any atom is -0.392 e. The first-order valence-electron chi connectivity index (χ1n) is 8.47. The predicted molar refractivity (Wildman–Crippen MR) is 91.5 cm³/mol. The van der Waals surface area contributed by atoms with Crippen LogP contribution in [0, 0.1) is 6.92 Å². The van der Waals surface area contributed by atoms with E-state index in [1.807, 2.05) is 17.7 Å². The molecule has 0 bridgehead atoms. The summed E-state index contributed by atoms with van der Waals surface area (Å²) in [6.07, 6.45) is 2.73. The predicted octanol–water partition coefficient (Wildman–Crippen LogP) is 2.12. The molecule has 1 fully saturated rings. The first-order valence-corrected chi connectivity index (χ1v) is 8.47. The Labute approximate surface area is 138 Å². The van der Waals surface area contributed by atoms with Crippen LogP contribution in [0.1, 0.15) is 52.7 Å². The van der Waals surface area contributed by atoms with Gasteiger partial charge in [-0.25, -0.2) is 4.68 Å². The van der Waals surface area contributed by atoms with Gasteiger partial charge in [-0.2, -0.15) is 5.10 Å². The van der Waals surface area contributed by atoms with Gasteiger partial charge in [-0.1, -0.05) is 6.42 Å². The number of carbonyl (C=O) groups is 1. The van der Waals surface area contributed by atoms with Gasteiger partial charge in [0, 0.05) is 12.1 Å². The Balaban J connectivity index is 2.05. The van der Waals surface area contributed by atoms with Crippen molar-refractivity contribution in [1.29, 1.82) is 0 Å². The smallest absolute Gasteiger partial charge is 0.239 e. The largest absolute Gasteiger partial charge is 0.392 e. The van der Waals surface area contributed by atoms with Gasteiger partial charge >= 0.3 is 0 Å². The molecule has 1 aromatic heterocycles. The molecule has 0 saturated carbocycles. The van der Waals surface area contributed by atoms with E-state index in [0.29, 0.717) is 6.54 Å². The van der Waals surface area contributed by atoms with Crippen molar-refractivity contribution in [3.05, 3.63) is 11.8 Å². The number of rotatable bonds is 4. The number of hydrogen-bond acceptors (Lipinski definition) is 4. The maximum absolute atomic E-state index is 12.5.